The van der Waals surface area contributed by atoms with Gasteiger partial charge >= 0.3 is 0 Å². The van der Waals surface area contributed by atoms with Crippen molar-refractivity contribution in [3.63, 3.8) is 0 Å². The van der Waals surface area contributed by atoms with Gasteiger partial charge in [0, 0.05) is 29.6 Å². The van der Waals surface area contributed by atoms with Crippen LogP contribution in [-0.2, 0) is 0 Å². The summed E-state index contributed by atoms with van der Waals surface area (Å²) >= 11 is 3.48. The van der Waals surface area contributed by atoms with Gasteiger partial charge in [-0.15, -0.1) is 0 Å². The van der Waals surface area contributed by atoms with Gasteiger partial charge < -0.3 is 10.2 Å². The van der Waals surface area contributed by atoms with Crippen molar-refractivity contribution in [2.24, 2.45) is 5.92 Å². The minimum absolute atomic E-state index is 0.199. The molecule has 100 valence electrons. The highest BCUT2D eigenvalue weighted by atomic mass is 79.9. The van der Waals surface area contributed by atoms with Crippen LogP contribution in [0.25, 0.3) is 0 Å². The van der Waals surface area contributed by atoms with E-state index < -0.39 is 0 Å². The van der Waals surface area contributed by atoms with E-state index in [1.54, 1.807) is 6.07 Å². The summed E-state index contributed by atoms with van der Waals surface area (Å²) in [6.45, 7) is 8.57. The molecule has 1 aromatic rings. The standard InChI is InChI=1S/C14H20BrFN2/c1-9(2)14-7-17-10(3)8-18(14)13-5-4-11(16)6-12(13)15/h4-6,9-10,14,17H,7-8H2,1-3H3. The fourth-order valence-electron chi connectivity index (χ4n) is 2.51. The van der Waals surface area contributed by atoms with Crippen LogP contribution in [0.1, 0.15) is 20.8 Å². The largest absolute Gasteiger partial charge is 0.365 e. The van der Waals surface area contributed by atoms with E-state index in [2.05, 4.69) is 46.9 Å². The average molecular weight is 315 g/mol. The van der Waals surface area contributed by atoms with Crippen molar-refractivity contribution in [1.82, 2.24) is 5.32 Å². The first-order valence-electron chi connectivity index (χ1n) is 6.44. The molecule has 0 aromatic heterocycles. The first-order chi connectivity index (χ1) is 8.49. The molecule has 0 radical (unpaired) electrons. The molecule has 0 spiro atoms. The highest BCUT2D eigenvalue weighted by molar-refractivity contribution is 9.10. The van der Waals surface area contributed by atoms with E-state index in [1.165, 1.54) is 6.07 Å². The van der Waals surface area contributed by atoms with Crippen LogP contribution in [0.2, 0.25) is 0 Å². The summed E-state index contributed by atoms with van der Waals surface area (Å²) in [5, 5.41) is 3.51. The molecule has 0 aliphatic carbocycles. The highest BCUT2D eigenvalue weighted by Gasteiger charge is 2.29. The fraction of sp³-hybridized carbons (Fsp3) is 0.571. The van der Waals surface area contributed by atoms with Crippen LogP contribution in [0.5, 0.6) is 0 Å². The van der Waals surface area contributed by atoms with E-state index in [0.29, 0.717) is 18.0 Å². The summed E-state index contributed by atoms with van der Waals surface area (Å²) in [7, 11) is 0. The molecular weight excluding hydrogens is 295 g/mol. The molecule has 18 heavy (non-hydrogen) atoms. The summed E-state index contributed by atoms with van der Waals surface area (Å²) in [4.78, 5) is 2.38. The maximum Gasteiger partial charge on any atom is 0.124 e. The Labute approximate surface area is 117 Å². The minimum Gasteiger partial charge on any atom is -0.365 e. The lowest BCUT2D eigenvalue weighted by molar-refractivity contribution is 0.349. The minimum atomic E-state index is -0.199. The number of nitrogens with one attached hydrogen (secondary N) is 1. The molecule has 0 amide bonds. The topological polar surface area (TPSA) is 15.3 Å². The molecule has 2 atom stereocenters. The molecule has 1 aliphatic heterocycles. The molecule has 2 nitrogen and oxygen atoms in total. The van der Waals surface area contributed by atoms with Crippen molar-refractivity contribution < 1.29 is 4.39 Å². The van der Waals surface area contributed by atoms with Gasteiger partial charge in [-0.25, -0.2) is 4.39 Å². The fourth-order valence-corrected chi connectivity index (χ4v) is 3.09. The Hall–Kier alpha value is -0.610. The third-order valence-corrected chi connectivity index (χ3v) is 4.17. The summed E-state index contributed by atoms with van der Waals surface area (Å²) in [5.41, 5.74) is 1.09. The van der Waals surface area contributed by atoms with Gasteiger partial charge in [-0.1, -0.05) is 13.8 Å². The van der Waals surface area contributed by atoms with E-state index in [9.17, 15) is 4.39 Å². The molecule has 0 bridgehead atoms. The zero-order valence-electron chi connectivity index (χ0n) is 11.1. The lowest BCUT2D eigenvalue weighted by Gasteiger charge is -2.43. The SMILES string of the molecule is CC1CN(c2ccc(F)cc2Br)C(C(C)C)CN1. The Morgan fingerprint density at radius 2 is 2.17 bits per heavy atom. The van der Waals surface area contributed by atoms with E-state index in [-0.39, 0.29) is 5.82 Å². The smallest absolute Gasteiger partial charge is 0.124 e. The lowest BCUT2D eigenvalue weighted by atomic mass is 9.98. The third-order valence-electron chi connectivity index (χ3n) is 3.54. The van der Waals surface area contributed by atoms with Crippen molar-refractivity contribution in [2.45, 2.75) is 32.9 Å². The Bertz CT molecular complexity index is 422. The number of piperazine rings is 1. The molecule has 2 rings (SSSR count). The van der Waals surface area contributed by atoms with Crippen molar-refractivity contribution in [1.29, 1.82) is 0 Å². The van der Waals surface area contributed by atoms with Crippen molar-refractivity contribution in [3.05, 3.63) is 28.5 Å². The van der Waals surface area contributed by atoms with E-state index in [0.717, 1.165) is 23.2 Å². The number of anilines is 1. The quantitative estimate of drug-likeness (QED) is 0.900. The molecule has 4 heteroatoms. The molecular formula is C14H20BrFN2. The average Bonchev–Trinajstić information content (AvgIpc) is 2.28. The maximum atomic E-state index is 13.2. The zero-order chi connectivity index (χ0) is 13.3. The molecule has 1 saturated heterocycles. The van der Waals surface area contributed by atoms with E-state index >= 15 is 0 Å². The first kappa shape index (κ1) is 13.8. The van der Waals surface area contributed by atoms with Gasteiger partial charge in [0.2, 0.25) is 0 Å². The van der Waals surface area contributed by atoms with Crippen LogP contribution in [0, 0.1) is 11.7 Å². The molecule has 1 N–H and O–H groups in total. The second-order valence-corrected chi connectivity index (χ2v) is 6.22. The molecule has 1 aliphatic rings. The van der Waals surface area contributed by atoms with E-state index in [4.69, 9.17) is 0 Å². The van der Waals surface area contributed by atoms with Crippen LogP contribution in [0.4, 0.5) is 10.1 Å². The van der Waals surface area contributed by atoms with Gasteiger partial charge in [0.05, 0.1) is 5.69 Å². The number of rotatable bonds is 2. The van der Waals surface area contributed by atoms with Gasteiger partial charge in [0.1, 0.15) is 5.82 Å². The van der Waals surface area contributed by atoms with Gasteiger partial charge in [0.25, 0.3) is 0 Å². The van der Waals surface area contributed by atoms with Crippen LogP contribution >= 0.6 is 15.9 Å². The monoisotopic (exact) mass is 314 g/mol. The van der Waals surface area contributed by atoms with Gasteiger partial charge in [-0.3, -0.25) is 0 Å². The number of nitrogens with zero attached hydrogens (tertiary/aromatic N) is 1. The van der Waals surface area contributed by atoms with Crippen LogP contribution in [-0.4, -0.2) is 25.2 Å². The Balaban J connectivity index is 2.32. The van der Waals surface area contributed by atoms with Gasteiger partial charge in [0.15, 0.2) is 0 Å². The summed E-state index contributed by atoms with van der Waals surface area (Å²) in [6.07, 6.45) is 0. The Morgan fingerprint density at radius 1 is 1.44 bits per heavy atom. The summed E-state index contributed by atoms with van der Waals surface area (Å²) < 4.78 is 14.0. The number of halogens is 2. The Kier molecular flexibility index (Phi) is 4.28. The summed E-state index contributed by atoms with van der Waals surface area (Å²) in [5.74, 6) is 0.358. The zero-order valence-corrected chi connectivity index (χ0v) is 12.7. The van der Waals surface area contributed by atoms with Gasteiger partial charge in [-0.05, 0) is 47.0 Å². The second-order valence-electron chi connectivity index (χ2n) is 5.37. The number of benzene rings is 1. The van der Waals surface area contributed by atoms with Crippen molar-refractivity contribution in [2.75, 3.05) is 18.0 Å². The molecule has 0 saturated carbocycles. The molecule has 1 fully saturated rings. The predicted molar refractivity (Wildman–Crippen MR) is 77.5 cm³/mol. The maximum absolute atomic E-state index is 13.2. The number of hydrogen-bond donors (Lipinski definition) is 1. The Morgan fingerprint density at radius 3 is 2.78 bits per heavy atom. The van der Waals surface area contributed by atoms with Crippen LogP contribution < -0.4 is 10.2 Å². The highest BCUT2D eigenvalue weighted by Crippen LogP contribution is 2.31. The molecule has 1 aromatic carbocycles. The van der Waals surface area contributed by atoms with Crippen LogP contribution in [0.3, 0.4) is 0 Å². The molecule has 2 unspecified atom stereocenters. The third kappa shape index (κ3) is 2.86. The molecule has 1 heterocycles. The second kappa shape index (κ2) is 5.57. The van der Waals surface area contributed by atoms with Crippen LogP contribution in [0.15, 0.2) is 22.7 Å². The van der Waals surface area contributed by atoms with Crippen molar-refractivity contribution in [3.8, 4) is 0 Å². The first-order valence-corrected chi connectivity index (χ1v) is 7.23. The van der Waals surface area contributed by atoms with Crippen molar-refractivity contribution >= 4 is 21.6 Å². The van der Waals surface area contributed by atoms with E-state index in [1.807, 2.05) is 6.07 Å². The number of hydrogen-bond acceptors (Lipinski definition) is 2. The summed E-state index contributed by atoms with van der Waals surface area (Å²) in [6, 6.07) is 5.84. The predicted octanol–water partition coefficient (Wildman–Crippen LogP) is 3.41. The van der Waals surface area contributed by atoms with Gasteiger partial charge in [-0.2, -0.15) is 0 Å². The lowest BCUT2D eigenvalue weighted by Crippen LogP contribution is -2.57. The normalized spacial score (nSPS) is 24.7.